The molecule has 1 aliphatic heterocycles. The van der Waals surface area contributed by atoms with Crippen molar-refractivity contribution in [2.75, 3.05) is 25.9 Å². The fourth-order valence-electron chi connectivity index (χ4n) is 3.71. The number of carbonyl (C=O) groups excluding carboxylic acids is 1. The predicted octanol–water partition coefficient (Wildman–Crippen LogP) is 2.95. The molecule has 0 spiro atoms. The smallest absolute Gasteiger partial charge is 0.259 e. The first kappa shape index (κ1) is 18.9. The zero-order chi connectivity index (χ0) is 20.5. The number of rotatable bonds is 3. The third-order valence-electron chi connectivity index (χ3n) is 5.20. The normalized spacial score (nSPS) is 14.2. The van der Waals surface area contributed by atoms with E-state index in [1.54, 1.807) is 11.0 Å². The Morgan fingerprint density at radius 1 is 1.24 bits per heavy atom. The average molecular weight is 396 g/mol. The van der Waals surface area contributed by atoms with Gasteiger partial charge in [-0.05, 0) is 43.5 Å². The van der Waals surface area contributed by atoms with Crippen LogP contribution < -0.4 is 16.0 Å². The Labute approximate surface area is 166 Å². The Kier molecular flexibility index (Phi) is 4.92. The summed E-state index contributed by atoms with van der Waals surface area (Å²) in [6.45, 7) is 1.31. The number of halogens is 1. The van der Waals surface area contributed by atoms with Crippen molar-refractivity contribution in [3.8, 4) is 17.0 Å². The highest BCUT2D eigenvalue weighted by Crippen LogP contribution is 2.32. The monoisotopic (exact) mass is 396 g/mol. The van der Waals surface area contributed by atoms with E-state index in [0.29, 0.717) is 18.6 Å². The number of anilines is 1. The number of carbonyl (C=O) groups is 1. The Balaban J connectivity index is 1.80. The van der Waals surface area contributed by atoms with E-state index >= 15 is 4.39 Å². The number of hydrogen-bond acceptors (Lipinski definition) is 5. The number of aromatic nitrogens is 2. The number of H-pyrrole nitrogens is 1. The van der Waals surface area contributed by atoms with Gasteiger partial charge in [0.15, 0.2) is 0 Å². The lowest BCUT2D eigenvalue weighted by molar-refractivity contribution is 0.0720. The lowest BCUT2D eigenvalue weighted by atomic mass is 10.0. The number of pyridine rings is 2. The van der Waals surface area contributed by atoms with Gasteiger partial charge in [0.2, 0.25) is 0 Å². The SMILES string of the molecule is COc1cc(-c2cc(N)c3c(=O)[nH]ccc3n2)c(F)cc1C(=O)N1CCCCC1. The molecule has 0 atom stereocenters. The van der Waals surface area contributed by atoms with Gasteiger partial charge in [-0.1, -0.05) is 0 Å². The third-order valence-corrected chi connectivity index (χ3v) is 5.20. The molecule has 1 aromatic carbocycles. The molecule has 1 fully saturated rings. The second-order valence-electron chi connectivity index (χ2n) is 7.05. The van der Waals surface area contributed by atoms with Crippen molar-refractivity contribution in [2.45, 2.75) is 19.3 Å². The average Bonchev–Trinajstić information content (AvgIpc) is 2.73. The Morgan fingerprint density at radius 2 is 2.00 bits per heavy atom. The minimum absolute atomic E-state index is 0.144. The highest BCUT2D eigenvalue weighted by Gasteiger charge is 2.24. The van der Waals surface area contributed by atoms with E-state index in [9.17, 15) is 9.59 Å². The summed E-state index contributed by atoms with van der Waals surface area (Å²) < 4.78 is 20.4. The van der Waals surface area contributed by atoms with Gasteiger partial charge in [0.1, 0.15) is 11.6 Å². The van der Waals surface area contributed by atoms with Crippen LogP contribution >= 0.6 is 0 Å². The Bertz CT molecular complexity index is 1150. The Hall–Kier alpha value is -3.42. The summed E-state index contributed by atoms with van der Waals surface area (Å²) in [4.78, 5) is 33.5. The van der Waals surface area contributed by atoms with Gasteiger partial charge in [0.05, 0.1) is 29.3 Å². The standard InChI is InChI=1S/C21H21FN4O3/c1-29-18-10-12(14(22)9-13(18)21(28)26-7-3-2-4-8-26)17-11-15(23)19-16(25-17)5-6-24-20(19)27/h5-6,9-11H,2-4,7-8H2,1H3,(H2,23,25)(H,24,27). The summed E-state index contributed by atoms with van der Waals surface area (Å²) in [6.07, 6.45) is 4.42. The molecule has 7 nitrogen and oxygen atoms in total. The third kappa shape index (κ3) is 3.41. The number of nitrogens with zero attached hydrogens (tertiary/aromatic N) is 2. The minimum Gasteiger partial charge on any atom is -0.496 e. The molecule has 0 aliphatic carbocycles. The van der Waals surface area contributed by atoms with Gasteiger partial charge in [-0.15, -0.1) is 0 Å². The molecule has 3 N–H and O–H groups in total. The van der Waals surface area contributed by atoms with E-state index in [2.05, 4.69) is 9.97 Å². The number of methoxy groups -OCH3 is 1. The second-order valence-corrected chi connectivity index (χ2v) is 7.05. The molecule has 150 valence electrons. The highest BCUT2D eigenvalue weighted by molar-refractivity contribution is 5.98. The van der Waals surface area contributed by atoms with Crippen LogP contribution in [0.15, 0.2) is 35.3 Å². The molecule has 0 bridgehead atoms. The summed E-state index contributed by atoms with van der Waals surface area (Å²) in [5.41, 5.74) is 6.79. The molecule has 8 heteroatoms. The largest absolute Gasteiger partial charge is 0.496 e. The van der Waals surface area contributed by atoms with Crippen molar-refractivity contribution in [1.82, 2.24) is 14.9 Å². The van der Waals surface area contributed by atoms with Crippen LogP contribution in [0, 0.1) is 5.82 Å². The van der Waals surface area contributed by atoms with Crippen LogP contribution in [0.4, 0.5) is 10.1 Å². The number of amides is 1. The minimum atomic E-state index is -0.609. The summed E-state index contributed by atoms with van der Waals surface area (Å²) >= 11 is 0. The summed E-state index contributed by atoms with van der Waals surface area (Å²) in [7, 11) is 1.44. The number of piperidine rings is 1. The molecule has 0 unspecified atom stereocenters. The summed E-state index contributed by atoms with van der Waals surface area (Å²) in [5, 5.41) is 0.250. The van der Waals surface area contributed by atoms with E-state index in [1.807, 2.05) is 0 Å². The molecule has 1 aliphatic rings. The molecule has 0 radical (unpaired) electrons. The van der Waals surface area contributed by atoms with Crippen molar-refractivity contribution in [2.24, 2.45) is 0 Å². The molecular formula is C21H21FN4O3. The molecule has 1 saturated heterocycles. The summed E-state index contributed by atoms with van der Waals surface area (Å²) in [6, 6.07) is 5.68. The van der Waals surface area contributed by atoms with Gasteiger partial charge in [0.25, 0.3) is 11.5 Å². The van der Waals surface area contributed by atoms with Crippen molar-refractivity contribution < 1.29 is 13.9 Å². The topological polar surface area (TPSA) is 101 Å². The van der Waals surface area contributed by atoms with Gasteiger partial charge in [0, 0.05) is 30.5 Å². The van der Waals surface area contributed by atoms with Gasteiger partial charge in [-0.3, -0.25) is 9.59 Å². The van der Waals surface area contributed by atoms with E-state index in [4.69, 9.17) is 10.5 Å². The first-order valence-corrected chi connectivity index (χ1v) is 9.44. The lowest BCUT2D eigenvalue weighted by Gasteiger charge is -2.27. The number of fused-ring (bicyclic) bond motifs is 1. The maximum absolute atomic E-state index is 15.0. The van der Waals surface area contributed by atoms with Gasteiger partial charge in [-0.2, -0.15) is 0 Å². The first-order chi connectivity index (χ1) is 14.0. The van der Waals surface area contributed by atoms with Crippen LogP contribution in [0.5, 0.6) is 5.75 Å². The molecular weight excluding hydrogens is 375 g/mol. The lowest BCUT2D eigenvalue weighted by Crippen LogP contribution is -2.35. The maximum Gasteiger partial charge on any atom is 0.259 e. The van der Waals surface area contributed by atoms with Gasteiger partial charge >= 0.3 is 0 Å². The number of nitrogens with one attached hydrogen (secondary N) is 1. The van der Waals surface area contributed by atoms with Crippen LogP contribution in [-0.2, 0) is 0 Å². The van der Waals surface area contributed by atoms with E-state index in [-0.39, 0.29) is 45.1 Å². The van der Waals surface area contributed by atoms with E-state index < -0.39 is 5.82 Å². The van der Waals surface area contributed by atoms with Gasteiger partial charge < -0.3 is 20.4 Å². The molecule has 3 aromatic rings. The van der Waals surface area contributed by atoms with Gasteiger partial charge in [-0.25, -0.2) is 9.37 Å². The summed E-state index contributed by atoms with van der Waals surface area (Å²) in [5.74, 6) is -0.588. The molecule has 2 aromatic heterocycles. The van der Waals surface area contributed by atoms with Crippen molar-refractivity contribution in [3.05, 3.63) is 52.2 Å². The number of aromatic amines is 1. The fourth-order valence-corrected chi connectivity index (χ4v) is 3.71. The number of benzene rings is 1. The van der Waals surface area contributed by atoms with Crippen molar-refractivity contribution >= 4 is 22.5 Å². The molecule has 0 saturated carbocycles. The zero-order valence-electron chi connectivity index (χ0n) is 16.0. The number of likely N-dealkylation sites (tertiary alicyclic amines) is 1. The fraction of sp³-hybridized carbons (Fsp3) is 0.286. The molecule has 4 rings (SSSR count). The highest BCUT2D eigenvalue weighted by atomic mass is 19.1. The zero-order valence-corrected chi connectivity index (χ0v) is 16.0. The quantitative estimate of drug-likeness (QED) is 0.709. The molecule has 3 heterocycles. The number of nitrogens with two attached hydrogens (primary N) is 1. The first-order valence-electron chi connectivity index (χ1n) is 9.44. The van der Waals surface area contributed by atoms with Crippen LogP contribution in [0.3, 0.4) is 0 Å². The maximum atomic E-state index is 15.0. The van der Waals surface area contributed by atoms with E-state index in [1.165, 1.54) is 31.5 Å². The van der Waals surface area contributed by atoms with Crippen LogP contribution in [0.25, 0.3) is 22.2 Å². The second kappa shape index (κ2) is 7.54. The number of hydrogen-bond donors (Lipinski definition) is 2. The van der Waals surface area contributed by atoms with E-state index in [0.717, 1.165) is 19.3 Å². The van der Waals surface area contributed by atoms with Crippen LogP contribution in [-0.4, -0.2) is 41.0 Å². The van der Waals surface area contributed by atoms with Crippen molar-refractivity contribution in [1.29, 1.82) is 0 Å². The van der Waals surface area contributed by atoms with Crippen LogP contribution in [0.2, 0.25) is 0 Å². The predicted molar refractivity (Wildman–Crippen MR) is 108 cm³/mol. The van der Waals surface area contributed by atoms with Crippen molar-refractivity contribution in [3.63, 3.8) is 0 Å². The molecule has 1 amide bonds. The molecule has 29 heavy (non-hydrogen) atoms. The number of nitrogen functional groups attached to an aromatic ring is 1. The van der Waals surface area contributed by atoms with Crippen LogP contribution in [0.1, 0.15) is 29.6 Å². The Morgan fingerprint density at radius 3 is 2.72 bits per heavy atom. The number of ether oxygens (including phenoxy) is 1.